The molecule has 0 aliphatic rings. The number of alkyl halides is 3. The van der Waals surface area contributed by atoms with Gasteiger partial charge < -0.3 is 9.84 Å². The Labute approximate surface area is 109 Å². The minimum absolute atomic E-state index is 0.0748. The third-order valence-corrected chi connectivity index (χ3v) is 2.87. The third kappa shape index (κ3) is 3.91. The van der Waals surface area contributed by atoms with Crippen LogP contribution in [0.3, 0.4) is 0 Å². The molecular weight excluding hydrogens is 264 g/mol. The highest BCUT2D eigenvalue weighted by Gasteiger charge is 2.34. The van der Waals surface area contributed by atoms with Crippen LogP contribution in [0.1, 0.15) is 37.0 Å². The van der Waals surface area contributed by atoms with E-state index in [1.54, 1.807) is 0 Å². The molecule has 0 fully saturated rings. The number of hydrogen-bond acceptors (Lipinski definition) is 2. The van der Waals surface area contributed by atoms with Crippen molar-refractivity contribution in [3.8, 4) is 0 Å². The van der Waals surface area contributed by atoms with Crippen molar-refractivity contribution in [2.45, 2.75) is 38.1 Å². The van der Waals surface area contributed by atoms with Crippen LogP contribution in [-0.4, -0.2) is 18.3 Å². The van der Waals surface area contributed by atoms with E-state index < -0.39 is 29.8 Å². The van der Waals surface area contributed by atoms with Gasteiger partial charge in [0, 0.05) is 7.11 Å². The second kappa shape index (κ2) is 6.34. The van der Waals surface area contributed by atoms with E-state index in [0.717, 1.165) is 12.5 Å². The lowest BCUT2D eigenvalue weighted by atomic mass is 9.99. The third-order valence-electron chi connectivity index (χ3n) is 2.87. The maximum absolute atomic E-state index is 13.4. The molecule has 0 saturated carbocycles. The molecule has 0 aliphatic heterocycles. The van der Waals surface area contributed by atoms with Crippen LogP contribution in [0.4, 0.5) is 17.6 Å². The molecule has 0 aliphatic carbocycles. The molecule has 6 heteroatoms. The minimum atomic E-state index is -4.74. The van der Waals surface area contributed by atoms with Gasteiger partial charge in [-0.1, -0.05) is 19.4 Å². The van der Waals surface area contributed by atoms with E-state index in [0.29, 0.717) is 18.6 Å². The molecule has 0 saturated heterocycles. The predicted molar refractivity (Wildman–Crippen MR) is 62.1 cm³/mol. The average Bonchev–Trinajstić information content (AvgIpc) is 2.33. The maximum Gasteiger partial charge on any atom is 0.419 e. The van der Waals surface area contributed by atoms with Crippen LogP contribution in [0.15, 0.2) is 18.2 Å². The predicted octanol–water partition coefficient (Wildman–Crippen LogP) is 3.69. The van der Waals surface area contributed by atoms with Gasteiger partial charge in [0.2, 0.25) is 0 Å². The number of benzene rings is 1. The Morgan fingerprint density at radius 2 is 1.95 bits per heavy atom. The van der Waals surface area contributed by atoms with Crippen LogP contribution < -0.4 is 0 Å². The van der Waals surface area contributed by atoms with Crippen LogP contribution in [0.5, 0.6) is 0 Å². The minimum Gasteiger partial charge on any atom is -0.386 e. The van der Waals surface area contributed by atoms with Gasteiger partial charge in [-0.15, -0.1) is 0 Å². The highest BCUT2D eigenvalue weighted by atomic mass is 19.4. The van der Waals surface area contributed by atoms with Crippen molar-refractivity contribution in [2.75, 3.05) is 7.11 Å². The van der Waals surface area contributed by atoms with E-state index in [-0.39, 0.29) is 5.56 Å². The van der Waals surface area contributed by atoms with Crippen molar-refractivity contribution in [1.82, 2.24) is 0 Å². The first kappa shape index (κ1) is 15.9. The van der Waals surface area contributed by atoms with Gasteiger partial charge in [-0.2, -0.15) is 13.2 Å². The SMILES string of the molecule is CCCC(OC)C(O)c1ccc(C(F)(F)F)c(F)c1. The Kier molecular flexibility index (Phi) is 5.31. The number of rotatable bonds is 5. The first-order chi connectivity index (χ1) is 8.81. The standard InChI is InChI=1S/C13H16F4O2/c1-3-4-11(19-2)12(18)8-5-6-9(10(14)7-8)13(15,16)17/h5-7,11-12,18H,3-4H2,1-2H3. The molecule has 0 amide bonds. The number of methoxy groups -OCH3 is 1. The maximum atomic E-state index is 13.4. The van der Waals surface area contributed by atoms with Crippen LogP contribution in [-0.2, 0) is 10.9 Å². The molecule has 0 aromatic heterocycles. The van der Waals surface area contributed by atoms with E-state index >= 15 is 0 Å². The molecule has 0 radical (unpaired) electrons. The summed E-state index contributed by atoms with van der Waals surface area (Å²) >= 11 is 0. The molecule has 2 atom stereocenters. The number of aliphatic hydroxyl groups excluding tert-OH is 1. The highest BCUT2D eigenvalue weighted by molar-refractivity contribution is 5.28. The Hall–Kier alpha value is -1.14. The molecule has 2 nitrogen and oxygen atoms in total. The molecule has 1 aromatic rings. The zero-order valence-corrected chi connectivity index (χ0v) is 10.7. The zero-order chi connectivity index (χ0) is 14.6. The van der Waals surface area contributed by atoms with Crippen molar-refractivity contribution in [2.24, 2.45) is 0 Å². The Bertz CT molecular complexity index is 418. The molecule has 0 heterocycles. The summed E-state index contributed by atoms with van der Waals surface area (Å²) in [4.78, 5) is 0. The summed E-state index contributed by atoms with van der Waals surface area (Å²) < 4.78 is 55.6. The molecule has 0 spiro atoms. The van der Waals surface area contributed by atoms with E-state index in [1.807, 2.05) is 6.92 Å². The van der Waals surface area contributed by atoms with E-state index in [2.05, 4.69) is 0 Å². The zero-order valence-electron chi connectivity index (χ0n) is 10.7. The smallest absolute Gasteiger partial charge is 0.386 e. The second-order valence-corrected chi connectivity index (χ2v) is 4.24. The van der Waals surface area contributed by atoms with Crippen molar-refractivity contribution in [3.63, 3.8) is 0 Å². The van der Waals surface area contributed by atoms with Crippen molar-refractivity contribution >= 4 is 0 Å². The fourth-order valence-electron chi connectivity index (χ4n) is 1.85. The Balaban J connectivity index is 3.00. The summed E-state index contributed by atoms with van der Waals surface area (Å²) in [5.74, 6) is -1.39. The van der Waals surface area contributed by atoms with Crippen LogP contribution >= 0.6 is 0 Å². The van der Waals surface area contributed by atoms with Gasteiger partial charge in [-0.3, -0.25) is 0 Å². The molecule has 0 bridgehead atoms. The van der Waals surface area contributed by atoms with Crippen LogP contribution in [0.25, 0.3) is 0 Å². The van der Waals surface area contributed by atoms with Gasteiger partial charge in [0.05, 0.1) is 11.7 Å². The van der Waals surface area contributed by atoms with Gasteiger partial charge in [0.25, 0.3) is 0 Å². The Morgan fingerprint density at radius 1 is 1.32 bits per heavy atom. The van der Waals surface area contributed by atoms with E-state index in [4.69, 9.17) is 4.74 Å². The summed E-state index contributed by atoms with van der Waals surface area (Å²) in [5.41, 5.74) is -1.27. The van der Waals surface area contributed by atoms with Gasteiger partial charge in [0.1, 0.15) is 11.9 Å². The second-order valence-electron chi connectivity index (χ2n) is 4.24. The summed E-state index contributed by atoms with van der Waals surface area (Å²) in [6, 6.07) is 2.40. The average molecular weight is 280 g/mol. The first-order valence-corrected chi connectivity index (χ1v) is 5.88. The lowest BCUT2D eigenvalue weighted by Gasteiger charge is -2.22. The summed E-state index contributed by atoms with van der Waals surface area (Å²) in [7, 11) is 1.39. The number of hydrogen-bond donors (Lipinski definition) is 1. The van der Waals surface area contributed by atoms with Crippen LogP contribution in [0.2, 0.25) is 0 Å². The van der Waals surface area contributed by atoms with Gasteiger partial charge in [-0.05, 0) is 24.1 Å². The van der Waals surface area contributed by atoms with Gasteiger partial charge in [0.15, 0.2) is 0 Å². The van der Waals surface area contributed by atoms with Gasteiger partial charge in [-0.25, -0.2) is 4.39 Å². The summed E-state index contributed by atoms with van der Waals surface area (Å²) in [5, 5.41) is 9.96. The quantitative estimate of drug-likeness (QED) is 0.833. The molecule has 1 rings (SSSR count). The molecule has 108 valence electrons. The summed E-state index contributed by atoms with van der Waals surface area (Å²) in [6.45, 7) is 1.88. The number of ether oxygens (including phenoxy) is 1. The topological polar surface area (TPSA) is 29.5 Å². The molecule has 1 N–H and O–H groups in total. The number of halogens is 4. The lowest BCUT2D eigenvalue weighted by molar-refractivity contribution is -0.140. The van der Waals surface area contributed by atoms with E-state index in [1.165, 1.54) is 7.11 Å². The van der Waals surface area contributed by atoms with Crippen molar-refractivity contribution < 1.29 is 27.4 Å². The molecule has 1 aromatic carbocycles. The number of aliphatic hydroxyl groups is 1. The van der Waals surface area contributed by atoms with Crippen molar-refractivity contribution in [3.05, 3.63) is 35.1 Å². The summed E-state index contributed by atoms with van der Waals surface area (Å²) in [6.07, 6.45) is -5.20. The Morgan fingerprint density at radius 3 is 2.37 bits per heavy atom. The molecule has 2 unspecified atom stereocenters. The van der Waals surface area contributed by atoms with Crippen LogP contribution in [0, 0.1) is 5.82 Å². The monoisotopic (exact) mass is 280 g/mol. The molecule has 19 heavy (non-hydrogen) atoms. The van der Waals surface area contributed by atoms with E-state index in [9.17, 15) is 22.7 Å². The fraction of sp³-hybridized carbons (Fsp3) is 0.538. The van der Waals surface area contributed by atoms with Gasteiger partial charge >= 0.3 is 6.18 Å². The highest BCUT2D eigenvalue weighted by Crippen LogP contribution is 2.33. The normalized spacial score (nSPS) is 15.3. The first-order valence-electron chi connectivity index (χ1n) is 5.88. The lowest BCUT2D eigenvalue weighted by Crippen LogP contribution is -2.21. The fourth-order valence-corrected chi connectivity index (χ4v) is 1.85. The largest absolute Gasteiger partial charge is 0.419 e. The van der Waals surface area contributed by atoms with Crippen molar-refractivity contribution in [1.29, 1.82) is 0 Å². The molecular formula is C13H16F4O2.